The Bertz CT molecular complexity index is 390. The lowest BCUT2D eigenvalue weighted by atomic mass is 10.1. The maximum absolute atomic E-state index is 9.09. The number of rotatable bonds is 2. The lowest BCUT2D eigenvalue weighted by molar-refractivity contribution is 0.273. The van der Waals surface area contributed by atoms with Crippen molar-refractivity contribution in [3.8, 4) is 0 Å². The molecule has 3 heteroatoms. The highest BCUT2D eigenvalue weighted by Crippen LogP contribution is 2.25. The zero-order chi connectivity index (χ0) is 12.4. The van der Waals surface area contributed by atoms with Crippen LogP contribution in [0, 0.1) is 0 Å². The second kappa shape index (κ2) is 5.29. The van der Waals surface area contributed by atoms with Gasteiger partial charge in [0.15, 0.2) is 0 Å². The lowest BCUT2D eigenvalue weighted by Crippen LogP contribution is -2.36. The monoisotopic (exact) mass is 246 g/mol. The van der Waals surface area contributed by atoms with Crippen LogP contribution >= 0.6 is 0 Å². The van der Waals surface area contributed by atoms with Crippen LogP contribution < -0.4 is 4.90 Å². The summed E-state index contributed by atoms with van der Waals surface area (Å²) in [6, 6.07) is 9.12. The standard InChI is InChI=1S/C15H22N2O/c18-12-13-4-6-14(7-5-13)17-10-2-9-16-8-1-3-15(16)11-17/h4-7,15,18H,1-3,8-12H2. The number of aliphatic hydroxyl groups excluding tert-OH is 1. The van der Waals surface area contributed by atoms with Crippen LogP contribution in [0.4, 0.5) is 5.69 Å². The van der Waals surface area contributed by atoms with Crippen LogP contribution in [0.1, 0.15) is 24.8 Å². The second-order valence-electron chi connectivity index (χ2n) is 5.46. The molecule has 0 aliphatic carbocycles. The van der Waals surface area contributed by atoms with Gasteiger partial charge in [-0.1, -0.05) is 12.1 Å². The number of aliphatic hydroxyl groups is 1. The van der Waals surface area contributed by atoms with E-state index in [4.69, 9.17) is 5.11 Å². The molecule has 1 N–H and O–H groups in total. The summed E-state index contributed by atoms with van der Waals surface area (Å²) >= 11 is 0. The Labute approximate surface area is 109 Å². The Morgan fingerprint density at radius 3 is 2.61 bits per heavy atom. The number of nitrogens with zero attached hydrogens (tertiary/aromatic N) is 2. The minimum Gasteiger partial charge on any atom is -0.392 e. The van der Waals surface area contributed by atoms with E-state index in [1.807, 2.05) is 12.1 Å². The molecule has 1 aromatic rings. The number of anilines is 1. The van der Waals surface area contributed by atoms with Gasteiger partial charge in [0.1, 0.15) is 0 Å². The van der Waals surface area contributed by atoms with Crippen molar-refractivity contribution < 1.29 is 5.11 Å². The maximum Gasteiger partial charge on any atom is 0.0681 e. The summed E-state index contributed by atoms with van der Waals surface area (Å²) in [6.45, 7) is 5.01. The van der Waals surface area contributed by atoms with Gasteiger partial charge in [0.25, 0.3) is 0 Å². The lowest BCUT2D eigenvalue weighted by Gasteiger charge is -2.27. The summed E-state index contributed by atoms with van der Waals surface area (Å²) in [5.74, 6) is 0. The molecule has 2 heterocycles. The second-order valence-corrected chi connectivity index (χ2v) is 5.46. The molecule has 0 radical (unpaired) electrons. The quantitative estimate of drug-likeness (QED) is 0.863. The molecule has 0 bridgehead atoms. The van der Waals surface area contributed by atoms with E-state index in [-0.39, 0.29) is 6.61 Å². The van der Waals surface area contributed by atoms with Crippen molar-refractivity contribution in [1.82, 2.24) is 4.90 Å². The molecule has 1 aromatic carbocycles. The highest BCUT2D eigenvalue weighted by molar-refractivity contribution is 5.48. The van der Waals surface area contributed by atoms with Gasteiger partial charge >= 0.3 is 0 Å². The fourth-order valence-electron chi connectivity index (χ4n) is 3.25. The Kier molecular flexibility index (Phi) is 3.52. The van der Waals surface area contributed by atoms with E-state index in [2.05, 4.69) is 21.9 Å². The molecular weight excluding hydrogens is 224 g/mol. The van der Waals surface area contributed by atoms with Crippen LogP contribution in [0.15, 0.2) is 24.3 Å². The molecule has 2 aliphatic heterocycles. The van der Waals surface area contributed by atoms with Crippen molar-refractivity contribution >= 4 is 5.69 Å². The molecule has 0 amide bonds. The van der Waals surface area contributed by atoms with Gasteiger partial charge in [-0.05, 0) is 43.5 Å². The summed E-state index contributed by atoms with van der Waals surface area (Å²) in [7, 11) is 0. The van der Waals surface area contributed by atoms with Gasteiger partial charge < -0.3 is 10.0 Å². The summed E-state index contributed by atoms with van der Waals surface area (Å²) in [6.07, 6.45) is 3.98. The van der Waals surface area contributed by atoms with Gasteiger partial charge in [0.2, 0.25) is 0 Å². The molecule has 98 valence electrons. The number of hydrogen-bond acceptors (Lipinski definition) is 3. The molecule has 3 nitrogen and oxygen atoms in total. The molecule has 2 fully saturated rings. The van der Waals surface area contributed by atoms with Gasteiger partial charge in [-0.3, -0.25) is 4.90 Å². The predicted molar refractivity (Wildman–Crippen MR) is 73.8 cm³/mol. The molecule has 1 atom stereocenters. The fraction of sp³-hybridized carbons (Fsp3) is 0.600. The van der Waals surface area contributed by atoms with Crippen molar-refractivity contribution in [3.63, 3.8) is 0 Å². The molecule has 18 heavy (non-hydrogen) atoms. The highest BCUT2D eigenvalue weighted by atomic mass is 16.3. The molecule has 2 aliphatic rings. The Balaban J connectivity index is 1.74. The SMILES string of the molecule is OCc1ccc(N2CCCN3CCCC3C2)cc1. The largest absolute Gasteiger partial charge is 0.392 e. The van der Waals surface area contributed by atoms with Gasteiger partial charge in [-0.25, -0.2) is 0 Å². The van der Waals surface area contributed by atoms with Crippen LogP contribution in [0.3, 0.4) is 0 Å². The van der Waals surface area contributed by atoms with Crippen molar-refractivity contribution in [2.45, 2.75) is 31.9 Å². The summed E-state index contributed by atoms with van der Waals surface area (Å²) in [5, 5.41) is 9.09. The molecule has 0 saturated carbocycles. The van der Waals surface area contributed by atoms with Gasteiger partial charge in [-0.15, -0.1) is 0 Å². The zero-order valence-corrected chi connectivity index (χ0v) is 10.9. The Morgan fingerprint density at radius 2 is 1.83 bits per heavy atom. The average Bonchev–Trinajstić information content (AvgIpc) is 2.76. The van der Waals surface area contributed by atoms with E-state index in [9.17, 15) is 0 Å². The molecule has 1 unspecified atom stereocenters. The Morgan fingerprint density at radius 1 is 1.06 bits per heavy atom. The highest BCUT2D eigenvalue weighted by Gasteiger charge is 2.28. The van der Waals surface area contributed by atoms with Crippen LogP contribution in [0.25, 0.3) is 0 Å². The minimum atomic E-state index is 0.136. The maximum atomic E-state index is 9.09. The summed E-state index contributed by atoms with van der Waals surface area (Å²) in [5.41, 5.74) is 2.30. The fourth-order valence-corrected chi connectivity index (χ4v) is 3.25. The van der Waals surface area contributed by atoms with Crippen molar-refractivity contribution in [2.24, 2.45) is 0 Å². The molecule has 0 aromatic heterocycles. The van der Waals surface area contributed by atoms with Crippen LogP contribution in [-0.4, -0.2) is 42.2 Å². The van der Waals surface area contributed by atoms with Gasteiger partial charge in [0, 0.05) is 31.4 Å². The molecule has 2 saturated heterocycles. The van der Waals surface area contributed by atoms with E-state index in [1.165, 1.54) is 44.6 Å². The van der Waals surface area contributed by atoms with Crippen molar-refractivity contribution in [3.05, 3.63) is 29.8 Å². The third-order valence-corrected chi connectivity index (χ3v) is 4.29. The molecule has 3 rings (SSSR count). The van der Waals surface area contributed by atoms with E-state index in [1.54, 1.807) is 0 Å². The smallest absolute Gasteiger partial charge is 0.0681 e. The first-order valence-corrected chi connectivity index (χ1v) is 7.05. The number of hydrogen-bond donors (Lipinski definition) is 1. The average molecular weight is 246 g/mol. The zero-order valence-electron chi connectivity index (χ0n) is 10.9. The topological polar surface area (TPSA) is 26.7 Å². The van der Waals surface area contributed by atoms with Crippen LogP contribution in [-0.2, 0) is 6.61 Å². The van der Waals surface area contributed by atoms with Crippen molar-refractivity contribution in [1.29, 1.82) is 0 Å². The van der Waals surface area contributed by atoms with Gasteiger partial charge in [0.05, 0.1) is 6.61 Å². The molecule has 0 spiro atoms. The third kappa shape index (κ3) is 2.38. The predicted octanol–water partition coefficient (Wildman–Crippen LogP) is 1.85. The normalized spacial score (nSPS) is 24.9. The Hall–Kier alpha value is -1.06. The van der Waals surface area contributed by atoms with E-state index < -0.39 is 0 Å². The summed E-state index contributed by atoms with van der Waals surface area (Å²) < 4.78 is 0. The van der Waals surface area contributed by atoms with Crippen molar-refractivity contribution in [2.75, 3.05) is 31.1 Å². The van der Waals surface area contributed by atoms with Gasteiger partial charge in [-0.2, -0.15) is 0 Å². The number of benzene rings is 1. The van der Waals surface area contributed by atoms with E-state index >= 15 is 0 Å². The first-order valence-electron chi connectivity index (χ1n) is 7.05. The first kappa shape index (κ1) is 12.0. The van der Waals surface area contributed by atoms with Crippen LogP contribution in [0.5, 0.6) is 0 Å². The minimum absolute atomic E-state index is 0.136. The molecular formula is C15H22N2O. The summed E-state index contributed by atoms with van der Waals surface area (Å²) in [4.78, 5) is 5.17. The van der Waals surface area contributed by atoms with E-state index in [0.717, 1.165) is 18.2 Å². The third-order valence-electron chi connectivity index (χ3n) is 4.29. The number of fused-ring (bicyclic) bond motifs is 1. The first-order chi connectivity index (χ1) is 8.86. The van der Waals surface area contributed by atoms with Crippen LogP contribution in [0.2, 0.25) is 0 Å². The van der Waals surface area contributed by atoms with E-state index in [0.29, 0.717) is 0 Å².